The fourth-order valence-corrected chi connectivity index (χ4v) is 4.63. The van der Waals surface area contributed by atoms with Crippen molar-refractivity contribution in [2.45, 2.75) is 17.9 Å². The van der Waals surface area contributed by atoms with E-state index in [-0.39, 0.29) is 16.5 Å². The molecule has 0 aliphatic rings. The molecule has 0 bridgehead atoms. The van der Waals surface area contributed by atoms with Crippen LogP contribution in [0.4, 0.5) is 0 Å². The van der Waals surface area contributed by atoms with Crippen LogP contribution in [0, 0.1) is 6.92 Å². The number of nitrogens with one attached hydrogen (secondary N) is 1. The van der Waals surface area contributed by atoms with E-state index in [1.54, 1.807) is 55.6 Å². The van der Waals surface area contributed by atoms with Gasteiger partial charge in [-0.25, -0.2) is 17.4 Å². The van der Waals surface area contributed by atoms with Gasteiger partial charge in [0.2, 0.25) is 0 Å². The monoisotopic (exact) mass is 435 g/mol. The third-order valence-electron chi connectivity index (χ3n) is 5.09. The van der Waals surface area contributed by atoms with Gasteiger partial charge in [0.15, 0.2) is 0 Å². The molecule has 1 aromatic heterocycles. The number of hydrogen-bond donors (Lipinski definition) is 2. The van der Waals surface area contributed by atoms with E-state index >= 15 is 0 Å². The number of fused-ring (bicyclic) bond motifs is 1. The van der Waals surface area contributed by atoms with Crippen molar-refractivity contribution in [2.24, 2.45) is 0 Å². The fourth-order valence-electron chi connectivity index (χ4n) is 3.38. The Balaban J connectivity index is 1.64. The quantitative estimate of drug-likeness (QED) is 0.502. The van der Waals surface area contributed by atoms with Gasteiger partial charge in [-0.15, -0.1) is 0 Å². The molecule has 4 rings (SSSR count). The van der Waals surface area contributed by atoms with Crippen LogP contribution in [0.25, 0.3) is 10.8 Å². The highest BCUT2D eigenvalue weighted by Gasteiger charge is 2.21. The lowest BCUT2D eigenvalue weighted by Gasteiger charge is -2.10. The molecule has 2 N–H and O–H groups in total. The number of aryl methyl sites for hydroxylation is 1. The molecule has 0 saturated heterocycles. The van der Waals surface area contributed by atoms with Gasteiger partial charge in [-0.3, -0.25) is 4.79 Å². The van der Waals surface area contributed by atoms with E-state index < -0.39 is 16.1 Å². The highest BCUT2D eigenvalue weighted by atomic mass is 32.2. The molecule has 0 radical (unpaired) electrons. The highest BCUT2D eigenvalue weighted by Crippen LogP contribution is 2.26. The van der Waals surface area contributed by atoms with Crippen LogP contribution in [-0.2, 0) is 10.0 Å². The highest BCUT2D eigenvalue weighted by molar-refractivity contribution is 7.90. The second-order valence-electron chi connectivity index (χ2n) is 7.25. The molecule has 158 valence electrons. The number of nitrogens with zero attached hydrogens (tertiary/aromatic N) is 2. The van der Waals surface area contributed by atoms with Crippen LogP contribution in [0.15, 0.2) is 78.1 Å². The van der Waals surface area contributed by atoms with Gasteiger partial charge < -0.3 is 10.4 Å². The van der Waals surface area contributed by atoms with Crippen molar-refractivity contribution in [3.63, 3.8) is 0 Å². The summed E-state index contributed by atoms with van der Waals surface area (Å²) in [5.74, 6) is -0.175. The lowest BCUT2D eigenvalue weighted by molar-refractivity contribution is 0.0963. The number of hydrogen-bond acceptors (Lipinski definition) is 5. The maximum absolute atomic E-state index is 12.9. The van der Waals surface area contributed by atoms with Crippen molar-refractivity contribution in [1.82, 2.24) is 14.3 Å². The van der Waals surface area contributed by atoms with Crippen LogP contribution in [0.5, 0.6) is 0 Å². The number of amides is 1. The molecule has 31 heavy (non-hydrogen) atoms. The predicted octanol–water partition coefficient (Wildman–Crippen LogP) is 3.02. The minimum Gasteiger partial charge on any atom is -0.382 e. The Morgan fingerprint density at radius 1 is 1.06 bits per heavy atom. The Kier molecular flexibility index (Phi) is 5.34. The first kappa shape index (κ1) is 20.8. The van der Waals surface area contributed by atoms with Crippen molar-refractivity contribution in [1.29, 1.82) is 0 Å². The SMILES string of the molecule is CNC(=O)c1ccc2cc(C(O)c3cn(S(=O)(=O)c4cccc(C)c4)cn3)ccc2c1. The Labute approximate surface area is 180 Å². The van der Waals surface area contributed by atoms with Crippen molar-refractivity contribution in [3.05, 3.63) is 95.6 Å². The number of imidazole rings is 1. The van der Waals surface area contributed by atoms with Gasteiger partial charge in [-0.2, -0.15) is 0 Å². The summed E-state index contributed by atoms with van der Waals surface area (Å²) >= 11 is 0. The fraction of sp³-hybridized carbons (Fsp3) is 0.130. The first-order chi connectivity index (χ1) is 14.8. The number of benzene rings is 3. The molecule has 3 aromatic carbocycles. The van der Waals surface area contributed by atoms with Gasteiger partial charge >= 0.3 is 0 Å². The number of rotatable bonds is 5. The van der Waals surface area contributed by atoms with Gasteiger partial charge in [0, 0.05) is 18.8 Å². The predicted molar refractivity (Wildman–Crippen MR) is 117 cm³/mol. The Morgan fingerprint density at radius 2 is 1.81 bits per heavy atom. The summed E-state index contributed by atoms with van der Waals surface area (Å²) in [4.78, 5) is 16.1. The molecule has 8 heteroatoms. The van der Waals surface area contributed by atoms with E-state index in [4.69, 9.17) is 0 Å². The zero-order chi connectivity index (χ0) is 22.2. The van der Waals surface area contributed by atoms with Crippen LogP contribution in [0.2, 0.25) is 0 Å². The summed E-state index contributed by atoms with van der Waals surface area (Å²) in [6.07, 6.45) is 1.41. The summed E-state index contributed by atoms with van der Waals surface area (Å²) in [7, 11) is -2.23. The molecule has 1 atom stereocenters. The molecular weight excluding hydrogens is 414 g/mol. The van der Waals surface area contributed by atoms with Crippen LogP contribution in [0.1, 0.15) is 33.3 Å². The van der Waals surface area contributed by atoms with Gasteiger partial charge in [0.05, 0.1) is 10.6 Å². The number of aliphatic hydroxyl groups excluding tert-OH is 1. The van der Waals surface area contributed by atoms with Gasteiger partial charge in [0.25, 0.3) is 15.9 Å². The minimum atomic E-state index is -3.80. The van der Waals surface area contributed by atoms with Crippen molar-refractivity contribution < 1.29 is 18.3 Å². The molecule has 0 aliphatic carbocycles. The van der Waals surface area contributed by atoms with E-state index in [9.17, 15) is 18.3 Å². The maximum Gasteiger partial charge on any atom is 0.268 e. The standard InChI is InChI=1S/C23H21N3O4S/c1-15-4-3-5-20(10-15)31(29,30)26-13-21(25-14-26)22(27)18-8-6-17-12-19(23(28)24-2)9-7-16(17)11-18/h3-14,22,27H,1-2H3,(H,24,28). The van der Waals surface area contributed by atoms with E-state index in [1.165, 1.54) is 18.6 Å². The molecule has 7 nitrogen and oxygen atoms in total. The zero-order valence-corrected chi connectivity index (χ0v) is 17.8. The second kappa shape index (κ2) is 7.98. The first-order valence-corrected chi connectivity index (χ1v) is 11.0. The molecule has 0 saturated carbocycles. The summed E-state index contributed by atoms with van der Waals surface area (Å²) in [5.41, 5.74) is 2.16. The van der Waals surface area contributed by atoms with E-state index in [2.05, 4.69) is 10.3 Å². The average Bonchev–Trinajstić information content (AvgIpc) is 3.28. The lowest BCUT2D eigenvalue weighted by Crippen LogP contribution is -2.17. The second-order valence-corrected chi connectivity index (χ2v) is 9.10. The van der Waals surface area contributed by atoms with Crippen molar-refractivity contribution >= 4 is 26.7 Å². The molecule has 0 aliphatic heterocycles. The molecule has 4 aromatic rings. The average molecular weight is 436 g/mol. The van der Waals surface area contributed by atoms with Crippen LogP contribution in [0.3, 0.4) is 0 Å². The number of aliphatic hydroxyl groups is 1. The number of carbonyl (C=O) groups excluding carboxylic acids is 1. The smallest absolute Gasteiger partial charge is 0.268 e. The van der Waals surface area contributed by atoms with E-state index in [0.29, 0.717) is 11.1 Å². The summed E-state index contributed by atoms with van der Waals surface area (Å²) < 4.78 is 26.7. The van der Waals surface area contributed by atoms with Crippen LogP contribution < -0.4 is 5.32 Å². The Hall–Kier alpha value is -3.49. The van der Waals surface area contributed by atoms with Gasteiger partial charge in [0.1, 0.15) is 12.4 Å². The van der Waals surface area contributed by atoms with Gasteiger partial charge in [-0.1, -0.05) is 30.3 Å². The van der Waals surface area contributed by atoms with Crippen LogP contribution >= 0.6 is 0 Å². The maximum atomic E-state index is 12.9. The van der Waals surface area contributed by atoms with Gasteiger partial charge in [-0.05, 0) is 59.2 Å². The molecule has 1 heterocycles. The number of aromatic nitrogens is 2. The Bertz CT molecular complexity index is 1390. The summed E-state index contributed by atoms with van der Waals surface area (Å²) in [5, 5.41) is 15.1. The topological polar surface area (TPSA) is 101 Å². The first-order valence-electron chi connectivity index (χ1n) is 9.59. The molecule has 1 amide bonds. The zero-order valence-electron chi connectivity index (χ0n) is 17.0. The van der Waals surface area contributed by atoms with Crippen LogP contribution in [-0.4, -0.2) is 35.4 Å². The third kappa shape index (κ3) is 3.95. The van der Waals surface area contributed by atoms with Crippen molar-refractivity contribution in [3.8, 4) is 0 Å². The Morgan fingerprint density at radius 3 is 2.55 bits per heavy atom. The molecule has 0 spiro atoms. The molecule has 0 fully saturated rings. The van der Waals surface area contributed by atoms with E-state index in [0.717, 1.165) is 20.3 Å². The summed E-state index contributed by atoms with van der Waals surface area (Å²) in [6.45, 7) is 1.82. The molecular formula is C23H21N3O4S. The summed E-state index contributed by atoms with van der Waals surface area (Å²) in [6, 6.07) is 17.2. The largest absolute Gasteiger partial charge is 0.382 e. The van der Waals surface area contributed by atoms with Crippen molar-refractivity contribution in [2.75, 3.05) is 7.05 Å². The molecule has 1 unspecified atom stereocenters. The normalized spacial score (nSPS) is 12.6. The lowest BCUT2D eigenvalue weighted by atomic mass is 10.0. The minimum absolute atomic E-state index is 0.156. The van der Waals surface area contributed by atoms with E-state index in [1.807, 2.05) is 13.0 Å². The third-order valence-corrected chi connectivity index (χ3v) is 6.70. The number of carbonyl (C=O) groups is 1.